The van der Waals surface area contributed by atoms with Crippen LogP contribution in [0, 0.1) is 19.7 Å². The summed E-state index contributed by atoms with van der Waals surface area (Å²) in [7, 11) is 0. The minimum absolute atomic E-state index is 0.216. The van der Waals surface area contributed by atoms with E-state index in [4.69, 9.17) is 4.74 Å². The topological polar surface area (TPSA) is 79.0 Å². The van der Waals surface area contributed by atoms with E-state index in [-0.39, 0.29) is 11.6 Å². The van der Waals surface area contributed by atoms with Crippen LogP contribution in [0.4, 0.5) is 15.8 Å². The van der Waals surface area contributed by atoms with Gasteiger partial charge in [0.1, 0.15) is 18.1 Å². The van der Waals surface area contributed by atoms with Gasteiger partial charge in [0.05, 0.1) is 11.3 Å². The molecule has 2 aliphatic rings. The van der Waals surface area contributed by atoms with Crippen molar-refractivity contribution in [3.05, 3.63) is 70.8 Å². The standard InChI is InChI=1S/C26H21FN4O2/c1-13-17(19-12-29-26-23(14(19)2)28-7-8-33-26)11-20(27)24-22(13)18(25(32)31-24)10-16-9-15-5-3-4-6-21(15)30-16/h3-6,9-12,28,30H,7-8H2,1-2H3,(H,31,32). The molecule has 6 rings (SSSR count). The second-order valence-electron chi connectivity index (χ2n) is 8.36. The second kappa shape index (κ2) is 7.20. The highest BCUT2D eigenvalue weighted by molar-refractivity contribution is 6.35. The van der Waals surface area contributed by atoms with Gasteiger partial charge in [0.15, 0.2) is 0 Å². The normalized spacial score (nSPS) is 15.7. The number of ether oxygens (including phenoxy) is 1. The Balaban J connectivity index is 1.53. The van der Waals surface area contributed by atoms with Crippen LogP contribution >= 0.6 is 0 Å². The van der Waals surface area contributed by atoms with Crippen LogP contribution in [-0.2, 0) is 4.79 Å². The molecular weight excluding hydrogens is 419 g/mol. The Hall–Kier alpha value is -4.13. The van der Waals surface area contributed by atoms with E-state index in [1.807, 2.05) is 44.2 Å². The van der Waals surface area contributed by atoms with Gasteiger partial charge in [-0.3, -0.25) is 4.79 Å². The van der Waals surface area contributed by atoms with Crippen molar-refractivity contribution >= 4 is 39.8 Å². The van der Waals surface area contributed by atoms with E-state index in [2.05, 4.69) is 20.6 Å². The Morgan fingerprint density at radius 3 is 2.79 bits per heavy atom. The number of pyridine rings is 1. The number of anilines is 2. The van der Waals surface area contributed by atoms with Crippen molar-refractivity contribution in [3.63, 3.8) is 0 Å². The molecule has 3 N–H and O–H groups in total. The summed E-state index contributed by atoms with van der Waals surface area (Å²) in [5, 5.41) is 7.08. The highest BCUT2D eigenvalue weighted by Crippen LogP contribution is 2.44. The number of nitrogens with zero attached hydrogens (tertiary/aromatic N) is 1. The summed E-state index contributed by atoms with van der Waals surface area (Å²) in [4.78, 5) is 20.6. The third-order valence-electron chi connectivity index (χ3n) is 6.38. The summed E-state index contributed by atoms with van der Waals surface area (Å²) >= 11 is 0. The van der Waals surface area contributed by atoms with Crippen molar-refractivity contribution in [2.75, 3.05) is 23.8 Å². The lowest BCUT2D eigenvalue weighted by atomic mass is 9.90. The van der Waals surface area contributed by atoms with Crippen LogP contribution in [0.1, 0.15) is 22.4 Å². The average Bonchev–Trinajstić information content (AvgIpc) is 3.38. The Kier molecular flexibility index (Phi) is 4.26. The summed E-state index contributed by atoms with van der Waals surface area (Å²) in [6.45, 7) is 5.12. The summed E-state index contributed by atoms with van der Waals surface area (Å²) in [5.74, 6) is -0.239. The molecule has 164 valence electrons. The Morgan fingerprint density at radius 2 is 1.94 bits per heavy atom. The number of aromatic amines is 1. The molecule has 4 heterocycles. The lowest BCUT2D eigenvalue weighted by Crippen LogP contribution is -2.20. The minimum atomic E-state index is -0.472. The minimum Gasteiger partial charge on any atom is -0.474 e. The Bertz CT molecular complexity index is 1470. The molecule has 0 radical (unpaired) electrons. The summed E-state index contributed by atoms with van der Waals surface area (Å²) in [5.41, 5.74) is 7.05. The van der Waals surface area contributed by atoms with Crippen LogP contribution in [0.15, 0.2) is 42.6 Å². The van der Waals surface area contributed by atoms with Gasteiger partial charge in [0.25, 0.3) is 5.91 Å². The van der Waals surface area contributed by atoms with Crippen LogP contribution in [0.5, 0.6) is 5.88 Å². The number of para-hydroxylation sites is 1. The summed E-state index contributed by atoms with van der Waals surface area (Å²) in [6, 6.07) is 11.3. The van der Waals surface area contributed by atoms with Crippen molar-refractivity contribution in [2.24, 2.45) is 0 Å². The number of nitrogens with one attached hydrogen (secondary N) is 3. The van der Waals surface area contributed by atoms with Crippen molar-refractivity contribution < 1.29 is 13.9 Å². The van der Waals surface area contributed by atoms with Crippen molar-refractivity contribution in [2.45, 2.75) is 13.8 Å². The number of rotatable bonds is 2. The van der Waals surface area contributed by atoms with Gasteiger partial charge in [-0.1, -0.05) is 18.2 Å². The number of amides is 1. The fourth-order valence-corrected chi connectivity index (χ4v) is 4.74. The van der Waals surface area contributed by atoms with E-state index in [0.717, 1.165) is 39.0 Å². The van der Waals surface area contributed by atoms with Crippen LogP contribution in [0.2, 0.25) is 0 Å². The lowest BCUT2D eigenvalue weighted by molar-refractivity contribution is -0.110. The van der Waals surface area contributed by atoms with Gasteiger partial charge < -0.3 is 20.4 Å². The first-order valence-electron chi connectivity index (χ1n) is 10.8. The van der Waals surface area contributed by atoms with Crippen LogP contribution < -0.4 is 15.4 Å². The number of aromatic nitrogens is 2. The molecule has 0 spiro atoms. The number of carbonyl (C=O) groups excluding carboxylic acids is 1. The van der Waals surface area contributed by atoms with Crippen LogP contribution in [-0.4, -0.2) is 29.0 Å². The predicted octanol–water partition coefficient (Wildman–Crippen LogP) is 5.28. The van der Waals surface area contributed by atoms with E-state index in [9.17, 15) is 4.79 Å². The van der Waals surface area contributed by atoms with Gasteiger partial charge in [0.2, 0.25) is 5.88 Å². The SMILES string of the molecule is Cc1c(-c2cc(F)c3c(c2C)C(=Cc2cc4ccccc4[nH]2)C(=O)N3)cnc2c1NCCO2. The first-order chi connectivity index (χ1) is 16.0. The average molecular weight is 440 g/mol. The van der Waals surface area contributed by atoms with E-state index in [0.29, 0.717) is 35.7 Å². The van der Waals surface area contributed by atoms with Crippen molar-refractivity contribution in [1.29, 1.82) is 0 Å². The molecule has 2 aliphatic heterocycles. The number of H-pyrrole nitrogens is 1. The second-order valence-corrected chi connectivity index (χ2v) is 8.36. The molecule has 0 fully saturated rings. The zero-order valence-electron chi connectivity index (χ0n) is 18.2. The van der Waals surface area contributed by atoms with E-state index in [1.54, 1.807) is 12.3 Å². The summed E-state index contributed by atoms with van der Waals surface area (Å²) < 4.78 is 20.9. The van der Waals surface area contributed by atoms with E-state index >= 15 is 4.39 Å². The monoisotopic (exact) mass is 440 g/mol. The number of carbonyl (C=O) groups is 1. The van der Waals surface area contributed by atoms with E-state index in [1.165, 1.54) is 6.07 Å². The molecule has 0 bridgehead atoms. The maximum Gasteiger partial charge on any atom is 0.256 e. The quantitative estimate of drug-likeness (QED) is 0.371. The highest BCUT2D eigenvalue weighted by Gasteiger charge is 2.31. The zero-order chi connectivity index (χ0) is 22.7. The largest absolute Gasteiger partial charge is 0.474 e. The van der Waals surface area contributed by atoms with Crippen molar-refractivity contribution in [3.8, 4) is 17.0 Å². The summed E-state index contributed by atoms with van der Waals surface area (Å²) in [6.07, 6.45) is 3.49. The molecule has 2 aromatic carbocycles. The maximum atomic E-state index is 15.2. The smallest absolute Gasteiger partial charge is 0.256 e. The third kappa shape index (κ3) is 3.00. The molecule has 0 saturated heterocycles. The molecule has 0 unspecified atom stereocenters. The Labute approximate surface area is 189 Å². The number of hydrogen-bond acceptors (Lipinski definition) is 4. The highest BCUT2D eigenvalue weighted by atomic mass is 19.1. The molecule has 7 heteroatoms. The number of halogens is 1. The molecule has 6 nitrogen and oxygen atoms in total. The number of hydrogen-bond donors (Lipinski definition) is 3. The Morgan fingerprint density at radius 1 is 1.09 bits per heavy atom. The van der Waals surface area contributed by atoms with Crippen LogP contribution in [0.25, 0.3) is 33.7 Å². The van der Waals surface area contributed by atoms with E-state index < -0.39 is 5.82 Å². The van der Waals surface area contributed by atoms with Gasteiger partial charge in [0, 0.05) is 35.1 Å². The molecule has 33 heavy (non-hydrogen) atoms. The van der Waals surface area contributed by atoms with Gasteiger partial charge in [-0.05, 0) is 60.2 Å². The van der Waals surface area contributed by atoms with Crippen molar-refractivity contribution in [1.82, 2.24) is 9.97 Å². The molecule has 2 aromatic heterocycles. The lowest BCUT2D eigenvalue weighted by Gasteiger charge is -2.22. The molecule has 1 amide bonds. The first kappa shape index (κ1) is 19.5. The fourth-order valence-electron chi connectivity index (χ4n) is 4.74. The predicted molar refractivity (Wildman–Crippen MR) is 128 cm³/mol. The molecule has 4 aromatic rings. The molecular formula is C26H21FN4O2. The molecule has 0 aliphatic carbocycles. The van der Waals surface area contributed by atoms with Gasteiger partial charge >= 0.3 is 0 Å². The van der Waals surface area contributed by atoms with Gasteiger partial charge in [-0.2, -0.15) is 0 Å². The van der Waals surface area contributed by atoms with Gasteiger partial charge in [-0.25, -0.2) is 9.37 Å². The van der Waals surface area contributed by atoms with Crippen LogP contribution in [0.3, 0.4) is 0 Å². The maximum absolute atomic E-state index is 15.2. The molecule has 0 atom stereocenters. The number of fused-ring (bicyclic) bond motifs is 3. The van der Waals surface area contributed by atoms with Gasteiger partial charge in [-0.15, -0.1) is 0 Å². The first-order valence-corrected chi connectivity index (χ1v) is 10.8. The third-order valence-corrected chi connectivity index (χ3v) is 6.38. The number of benzene rings is 2. The molecule has 0 saturated carbocycles. The zero-order valence-corrected chi connectivity index (χ0v) is 18.2. The fraction of sp³-hybridized carbons (Fsp3) is 0.154.